The molecule has 0 atom stereocenters. The Kier molecular flexibility index (Phi) is 5.38. The van der Waals surface area contributed by atoms with Gasteiger partial charge in [-0.1, -0.05) is 18.9 Å². The topological polar surface area (TPSA) is 28.2 Å². The lowest BCUT2D eigenvalue weighted by Crippen LogP contribution is -2.26. The first-order valence-electron chi connectivity index (χ1n) is 7.13. The number of nitrogens with one attached hydrogen (secondary N) is 1. The molecule has 19 heavy (non-hydrogen) atoms. The van der Waals surface area contributed by atoms with Crippen molar-refractivity contribution >= 4 is 0 Å². The van der Waals surface area contributed by atoms with Crippen LogP contribution in [-0.4, -0.2) is 29.5 Å². The Morgan fingerprint density at radius 2 is 2.21 bits per heavy atom. The molecule has 1 aliphatic rings. The van der Waals surface area contributed by atoms with Crippen molar-refractivity contribution in [2.45, 2.75) is 32.9 Å². The standard InChI is InChI=1S/C16H23N3/c1-3-10-19(12-14-8-9-14)13-16-7-5-6-15(18-16)11-17-4-2/h1,5-7,14,17H,4,8-13H2,2H3. The van der Waals surface area contributed by atoms with Gasteiger partial charge in [0, 0.05) is 19.6 Å². The van der Waals surface area contributed by atoms with Gasteiger partial charge in [0.25, 0.3) is 0 Å². The molecule has 2 rings (SSSR count). The molecule has 1 heterocycles. The van der Waals surface area contributed by atoms with Gasteiger partial charge in [-0.15, -0.1) is 6.42 Å². The Labute approximate surface area is 116 Å². The molecule has 0 aromatic carbocycles. The Bertz CT molecular complexity index is 432. The third-order valence-corrected chi connectivity index (χ3v) is 3.33. The van der Waals surface area contributed by atoms with E-state index in [1.807, 2.05) is 0 Å². The van der Waals surface area contributed by atoms with Crippen molar-refractivity contribution < 1.29 is 0 Å². The lowest BCUT2D eigenvalue weighted by atomic mass is 10.2. The average Bonchev–Trinajstić information content (AvgIpc) is 3.21. The second-order valence-corrected chi connectivity index (χ2v) is 5.22. The van der Waals surface area contributed by atoms with Gasteiger partial charge in [0.15, 0.2) is 0 Å². The van der Waals surface area contributed by atoms with Gasteiger partial charge in [0.05, 0.1) is 17.9 Å². The monoisotopic (exact) mass is 257 g/mol. The maximum absolute atomic E-state index is 5.45. The fourth-order valence-electron chi connectivity index (χ4n) is 2.18. The zero-order chi connectivity index (χ0) is 13.5. The molecule has 1 aromatic heterocycles. The molecule has 0 spiro atoms. The van der Waals surface area contributed by atoms with E-state index in [-0.39, 0.29) is 0 Å². The predicted molar refractivity (Wildman–Crippen MR) is 78.5 cm³/mol. The summed E-state index contributed by atoms with van der Waals surface area (Å²) in [4.78, 5) is 7.02. The number of hydrogen-bond donors (Lipinski definition) is 1. The molecular weight excluding hydrogens is 234 g/mol. The summed E-state index contributed by atoms with van der Waals surface area (Å²) < 4.78 is 0. The molecule has 0 amide bonds. The first-order valence-corrected chi connectivity index (χ1v) is 7.13. The van der Waals surface area contributed by atoms with E-state index in [9.17, 15) is 0 Å². The van der Waals surface area contributed by atoms with Crippen molar-refractivity contribution in [1.82, 2.24) is 15.2 Å². The molecule has 1 saturated carbocycles. The molecule has 1 fully saturated rings. The smallest absolute Gasteiger partial charge is 0.0602 e. The molecule has 0 aliphatic heterocycles. The summed E-state index contributed by atoms with van der Waals surface area (Å²) in [6.45, 7) is 6.60. The second-order valence-electron chi connectivity index (χ2n) is 5.22. The van der Waals surface area contributed by atoms with E-state index < -0.39 is 0 Å². The first-order chi connectivity index (χ1) is 9.31. The summed E-state index contributed by atoms with van der Waals surface area (Å²) in [5.41, 5.74) is 2.22. The zero-order valence-electron chi connectivity index (χ0n) is 11.7. The molecule has 1 N–H and O–H groups in total. The van der Waals surface area contributed by atoms with Crippen molar-refractivity contribution in [3.05, 3.63) is 29.6 Å². The highest BCUT2D eigenvalue weighted by Gasteiger charge is 2.24. The van der Waals surface area contributed by atoms with Gasteiger partial charge in [0.1, 0.15) is 0 Å². The lowest BCUT2D eigenvalue weighted by Gasteiger charge is -2.19. The molecule has 0 saturated heterocycles. The third-order valence-electron chi connectivity index (χ3n) is 3.33. The van der Waals surface area contributed by atoms with Gasteiger partial charge in [-0.25, -0.2) is 0 Å². The van der Waals surface area contributed by atoms with Crippen LogP contribution in [0.1, 0.15) is 31.2 Å². The Morgan fingerprint density at radius 1 is 1.42 bits per heavy atom. The van der Waals surface area contributed by atoms with Crippen LogP contribution in [0.5, 0.6) is 0 Å². The van der Waals surface area contributed by atoms with Crippen LogP contribution in [0.25, 0.3) is 0 Å². The summed E-state index contributed by atoms with van der Waals surface area (Å²) in [6.07, 6.45) is 8.16. The molecule has 0 bridgehead atoms. The van der Waals surface area contributed by atoms with Gasteiger partial charge in [-0.05, 0) is 37.4 Å². The summed E-state index contributed by atoms with van der Waals surface area (Å²) in [5, 5.41) is 3.30. The molecular formula is C16H23N3. The highest BCUT2D eigenvalue weighted by Crippen LogP contribution is 2.29. The lowest BCUT2D eigenvalue weighted by molar-refractivity contribution is 0.283. The van der Waals surface area contributed by atoms with E-state index in [0.29, 0.717) is 0 Å². The van der Waals surface area contributed by atoms with Crippen LogP contribution in [0.2, 0.25) is 0 Å². The third kappa shape index (κ3) is 5.02. The number of pyridine rings is 1. The number of nitrogens with zero attached hydrogens (tertiary/aromatic N) is 2. The van der Waals surface area contributed by atoms with E-state index in [0.717, 1.165) is 50.0 Å². The normalized spacial score (nSPS) is 14.6. The van der Waals surface area contributed by atoms with E-state index in [1.165, 1.54) is 12.8 Å². The Morgan fingerprint density at radius 3 is 2.89 bits per heavy atom. The minimum Gasteiger partial charge on any atom is -0.311 e. The predicted octanol–water partition coefficient (Wildman–Crippen LogP) is 2.04. The molecule has 0 radical (unpaired) electrons. The molecule has 102 valence electrons. The highest BCUT2D eigenvalue weighted by molar-refractivity contribution is 5.11. The van der Waals surface area contributed by atoms with Crippen molar-refractivity contribution in [2.75, 3.05) is 19.6 Å². The van der Waals surface area contributed by atoms with Crippen LogP contribution in [0.3, 0.4) is 0 Å². The molecule has 3 heteroatoms. The van der Waals surface area contributed by atoms with Crippen LogP contribution in [0, 0.1) is 18.3 Å². The van der Waals surface area contributed by atoms with Gasteiger partial charge < -0.3 is 5.32 Å². The van der Waals surface area contributed by atoms with E-state index in [4.69, 9.17) is 6.42 Å². The number of hydrogen-bond acceptors (Lipinski definition) is 3. The minimum atomic E-state index is 0.718. The van der Waals surface area contributed by atoms with Crippen LogP contribution in [0.4, 0.5) is 0 Å². The van der Waals surface area contributed by atoms with E-state index in [1.54, 1.807) is 0 Å². The maximum atomic E-state index is 5.45. The fourth-order valence-corrected chi connectivity index (χ4v) is 2.18. The van der Waals surface area contributed by atoms with Gasteiger partial charge >= 0.3 is 0 Å². The van der Waals surface area contributed by atoms with Crippen molar-refractivity contribution in [3.8, 4) is 12.3 Å². The number of terminal acetylenes is 1. The number of aromatic nitrogens is 1. The number of rotatable bonds is 8. The van der Waals surface area contributed by atoms with Crippen molar-refractivity contribution in [3.63, 3.8) is 0 Å². The molecule has 3 nitrogen and oxygen atoms in total. The highest BCUT2D eigenvalue weighted by atomic mass is 15.1. The fraction of sp³-hybridized carbons (Fsp3) is 0.562. The van der Waals surface area contributed by atoms with Gasteiger partial charge in [0.2, 0.25) is 0 Å². The molecule has 1 aliphatic carbocycles. The van der Waals surface area contributed by atoms with E-state index in [2.05, 4.69) is 46.2 Å². The summed E-state index contributed by atoms with van der Waals surface area (Å²) in [6, 6.07) is 6.24. The Hall–Kier alpha value is -1.37. The van der Waals surface area contributed by atoms with Crippen molar-refractivity contribution in [2.24, 2.45) is 5.92 Å². The van der Waals surface area contributed by atoms with E-state index >= 15 is 0 Å². The average molecular weight is 257 g/mol. The minimum absolute atomic E-state index is 0.718. The van der Waals surface area contributed by atoms with Crippen LogP contribution in [0.15, 0.2) is 18.2 Å². The maximum Gasteiger partial charge on any atom is 0.0602 e. The van der Waals surface area contributed by atoms with Gasteiger partial charge in [-0.3, -0.25) is 9.88 Å². The van der Waals surface area contributed by atoms with Crippen LogP contribution >= 0.6 is 0 Å². The largest absolute Gasteiger partial charge is 0.311 e. The molecule has 1 aromatic rings. The second kappa shape index (κ2) is 7.28. The molecule has 0 unspecified atom stereocenters. The summed E-state index contributed by atoms with van der Waals surface area (Å²) in [5.74, 6) is 3.62. The summed E-state index contributed by atoms with van der Waals surface area (Å²) >= 11 is 0. The zero-order valence-corrected chi connectivity index (χ0v) is 11.7. The Balaban J connectivity index is 1.93. The van der Waals surface area contributed by atoms with Gasteiger partial charge in [-0.2, -0.15) is 0 Å². The quantitative estimate of drug-likeness (QED) is 0.722. The summed E-state index contributed by atoms with van der Waals surface area (Å²) in [7, 11) is 0. The van der Waals surface area contributed by atoms with Crippen molar-refractivity contribution in [1.29, 1.82) is 0 Å². The van der Waals surface area contributed by atoms with Crippen LogP contribution in [-0.2, 0) is 13.1 Å². The first kappa shape index (κ1) is 14.0. The SMILES string of the molecule is C#CCN(Cc1cccc(CNCC)n1)CC1CC1. The van der Waals surface area contributed by atoms with Crippen LogP contribution < -0.4 is 5.32 Å².